The molecule has 0 radical (unpaired) electrons. The van der Waals surface area contributed by atoms with Crippen molar-refractivity contribution in [3.05, 3.63) is 101 Å². The minimum absolute atomic E-state index is 0.108. The van der Waals surface area contributed by atoms with E-state index >= 15 is 0 Å². The Labute approximate surface area is 184 Å². The molecule has 3 aromatic rings. The van der Waals surface area contributed by atoms with Crippen LogP contribution in [0.15, 0.2) is 78.9 Å². The number of likely N-dealkylation sites (N-methyl/N-ethyl adjacent to an activating group) is 1. The van der Waals surface area contributed by atoms with Gasteiger partial charge in [0.15, 0.2) is 5.78 Å². The number of rotatable bonds is 7. The minimum Gasteiger partial charge on any atom is -0.324 e. The number of benzene rings is 3. The van der Waals surface area contributed by atoms with Crippen LogP contribution in [-0.2, 0) is 16.8 Å². The van der Waals surface area contributed by atoms with E-state index in [1.54, 1.807) is 30.3 Å². The predicted octanol–water partition coefficient (Wildman–Crippen LogP) is 5.29. The molecule has 0 aliphatic heterocycles. The van der Waals surface area contributed by atoms with Crippen molar-refractivity contribution in [3.8, 4) is 0 Å². The van der Waals surface area contributed by atoms with Gasteiger partial charge in [0.05, 0.1) is 12.2 Å². The molecule has 4 heteroatoms. The van der Waals surface area contributed by atoms with Crippen LogP contribution < -0.4 is 5.32 Å². The lowest BCUT2D eigenvalue weighted by Crippen LogP contribution is -2.30. The Morgan fingerprint density at radius 2 is 1.45 bits per heavy atom. The van der Waals surface area contributed by atoms with Crippen molar-refractivity contribution in [2.75, 3.05) is 18.9 Å². The van der Waals surface area contributed by atoms with Crippen LogP contribution >= 0.6 is 0 Å². The van der Waals surface area contributed by atoms with Crippen LogP contribution in [0.2, 0.25) is 0 Å². The molecule has 0 aromatic heterocycles. The van der Waals surface area contributed by atoms with Gasteiger partial charge in [0, 0.05) is 17.7 Å². The Hall–Kier alpha value is -3.24. The third-order valence-corrected chi connectivity index (χ3v) is 5.17. The minimum atomic E-state index is -0.151. The highest BCUT2D eigenvalue weighted by molar-refractivity contribution is 6.13. The number of nitrogens with zero attached hydrogens (tertiary/aromatic N) is 1. The first-order valence-electron chi connectivity index (χ1n) is 10.5. The fourth-order valence-electron chi connectivity index (χ4n) is 3.45. The lowest BCUT2D eigenvalue weighted by atomic mass is 9.87. The zero-order valence-corrected chi connectivity index (χ0v) is 18.7. The molecule has 0 fully saturated rings. The van der Waals surface area contributed by atoms with Crippen LogP contribution in [-0.4, -0.2) is 30.2 Å². The number of hydrogen-bond donors (Lipinski definition) is 1. The molecule has 0 unspecified atom stereocenters. The maximum Gasteiger partial charge on any atom is 0.238 e. The van der Waals surface area contributed by atoms with Crippen molar-refractivity contribution in [2.45, 2.75) is 32.7 Å². The highest BCUT2D eigenvalue weighted by atomic mass is 16.2. The number of para-hydroxylation sites is 1. The first-order chi connectivity index (χ1) is 14.7. The maximum absolute atomic E-state index is 12.8. The van der Waals surface area contributed by atoms with E-state index in [1.807, 2.05) is 36.2 Å². The zero-order valence-electron chi connectivity index (χ0n) is 18.7. The van der Waals surface area contributed by atoms with Gasteiger partial charge in [0.25, 0.3) is 0 Å². The van der Waals surface area contributed by atoms with Gasteiger partial charge in [-0.3, -0.25) is 14.5 Å². The molecule has 0 saturated carbocycles. The van der Waals surface area contributed by atoms with Crippen molar-refractivity contribution < 1.29 is 9.59 Å². The monoisotopic (exact) mass is 414 g/mol. The number of ketones is 1. The Morgan fingerprint density at radius 1 is 0.839 bits per heavy atom. The molecular weight excluding hydrogens is 384 g/mol. The molecule has 0 atom stereocenters. The summed E-state index contributed by atoms with van der Waals surface area (Å²) in [5, 5.41) is 2.91. The topological polar surface area (TPSA) is 49.4 Å². The van der Waals surface area contributed by atoms with E-state index in [2.05, 4.69) is 50.4 Å². The standard InChI is InChI=1S/C27H30N2O2/c1-27(2,3)22-16-14-20(15-17-22)18-29(4)19-25(30)28-24-13-9-8-12-23(24)26(31)21-10-6-5-7-11-21/h5-17H,18-19H2,1-4H3,(H,28,30). The van der Waals surface area contributed by atoms with Gasteiger partial charge in [-0.1, -0.05) is 87.5 Å². The summed E-state index contributed by atoms with van der Waals surface area (Å²) >= 11 is 0. The second-order valence-corrected chi connectivity index (χ2v) is 8.91. The Kier molecular flexibility index (Phi) is 7.03. The van der Waals surface area contributed by atoms with Crippen LogP contribution in [0.5, 0.6) is 0 Å². The molecule has 0 aliphatic carbocycles. The average Bonchev–Trinajstić information content (AvgIpc) is 2.74. The van der Waals surface area contributed by atoms with E-state index < -0.39 is 0 Å². The van der Waals surface area contributed by atoms with Gasteiger partial charge in [-0.25, -0.2) is 0 Å². The van der Waals surface area contributed by atoms with Crippen LogP contribution in [0.1, 0.15) is 47.8 Å². The van der Waals surface area contributed by atoms with Crippen molar-refractivity contribution in [1.82, 2.24) is 4.90 Å². The molecule has 0 heterocycles. The van der Waals surface area contributed by atoms with Gasteiger partial charge >= 0.3 is 0 Å². The number of carbonyl (C=O) groups excluding carboxylic acids is 2. The highest BCUT2D eigenvalue weighted by Crippen LogP contribution is 2.23. The van der Waals surface area contributed by atoms with Gasteiger partial charge in [-0.2, -0.15) is 0 Å². The summed E-state index contributed by atoms with van der Waals surface area (Å²) in [5.41, 5.74) is 4.18. The fraction of sp³-hybridized carbons (Fsp3) is 0.259. The molecule has 160 valence electrons. The summed E-state index contributed by atoms with van der Waals surface area (Å²) in [6.07, 6.45) is 0. The summed E-state index contributed by atoms with van der Waals surface area (Å²) < 4.78 is 0. The molecule has 0 spiro atoms. The first-order valence-corrected chi connectivity index (χ1v) is 10.5. The molecule has 1 N–H and O–H groups in total. The van der Waals surface area contributed by atoms with E-state index in [-0.39, 0.29) is 23.7 Å². The molecular formula is C27H30N2O2. The zero-order chi connectivity index (χ0) is 22.4. The Balaban J connectivity index is 1.63. The second kappa shape index (κ2) is 9.71. The van der Waals surface area contributed by atoms with Crippen molar-refractivity contribution >= 4 is 17.4 Å². The van der Waals surface area contributed by atoms with E-state index in [4.69, 9.17) is 0 Å². The molecule has 0 bridgehead atoms. The van der Waals surface area contributed by atoms with Crippen molar-refractivity contribution in [2.24, 2.45) is 0 Å². The van der Waals surface area contributed by atoms with Crippen LogP contribution in [0, 0.1) is 0 Å². The molecule has 4 nitrogen and oxygen atoms in total. The molecule has 1 amide bonds. The number of nitrogens with one attached hydrogen (secondary N) is 1. The molecule has 0 aliphatic rings. The van der Waals surface area contributed by atoms with E-state index in [0.29, 0.717) is 23.4 Å². The number of carbonyl (C=O) groups is 2. The molecule has 31 heavy (non-hydrogen) atoms. The van der Waals surface area contributed by atoms with Crippen LogP contribution in [0.3, 0.4) is 0 Å². The van der Waals surface area contributed by atoms with Crippen molar-refractivity contribution in [3.63, 3.8) is 0 Å². The maximum atomic E-state index is 12.8. The fourth-order valence-corrected chi connectivity index (χ4v) is 3.45. The third kappa shape index (κ3) is 6.12. The lowest BCUT2D eigenvalue weighted by molar-refractivity contribution is -0.117. The van der Waals surface area contributed by atoms with Crippen LogP contribution in [0.4, 0.5) is 5.69 Å². The second-order valence-electron chi connectivity index (χ2n) is 8.91. The number of hydrogen-bond acceptors (Lipinski definition) is 3. The molecule has 3 aromatic carbocycles. The first kappa shape index (κ1) is 22.4. The van der Waals surface area contributed by atoms with Gasteiger partial charge in [0.2, 0.25) is 5.91 Å². The normalized spacial score (nSPS) is 11.4. The van der Waals surface area contributed by atoms with E-state index in [0.717, 1.165) is 5.56 Å². The molecule has 3 rings (SSSR count). The predicted molar refractivity (Wildman–Crippen MR) is 126 cm³/mol. The number of amides is 1. The average molecular weight is 415 g/mol. The van der Waals surface area contributed by atoms with Crippen molar-refractivity contribution in [1.29, 1.82) is 0 Å². The van der Waals surface area contributed by atoms with E-state index in [1.165, 1.54) is 5.56 Å². The Morgan fingerprint density at radius 3 is 2.10 bits per heavy atom. The smallest absolute Gasteiger partial charge is 0.238 e. The molecule has 0 saturated heterocycles. The van der Waals surface area contributed by atoms with Gasteiger partial charge in [-0.15, -0.1) is 0 Å². The van der Waals surface area contributed by atoms with Gasteiger partial charge in [0.1, 0.15) is 0 Å². The summed E-state index contributed by atoms with van der Waals surface area (Å²) in [6, 6.07) is 24.7. The quantitative estimate of drug-likeness (QED) is 0.535. The number of anilines is 1. The summed E-state index contributed by atoms with van der Waals surface area (Å²) in [5.74, 6) is -0.258. The summed E-state index contributed by atoms with van der Waals surface area (Å²) in [6.45, 7) is 7.48. The SMILES string of the molecule is CN(CC(=O)Nc1ccccc1C(=O)c1ccccc1)Cc1ccc(C(C)(C)C)cc1. The Bertz CT molecular complexity index is 1030. The third-order valence-electron chi connectivity index (χ3n) is 5.17. The summed E-state index contributed by atoms with van der Waals surface area (Å²) in [7, 11) is 1.91. The largest absolute Gasteiger partial charge is 0.324 e. The van der Waals surface area contributed by atoms with E-state index in [9.17, 15) is 9.59 Å². The highest BCUT2D eigenvalue weighted by Gasteiger charge is 2.16. The van der Waals surface area contributed by atoms with Crippen LogP contribution in [0.25, 0.3) is 0 Å². The van der Waals surface area contributed by atoms with Gasteiger partial charge < -0.3 is 5.32 Å². The lowest BCUT2D eigenvalue weighted by Gasteiger charge is -2.20. The summed E-state index contributed by atoms with van der Waals surface area (Å²) in [4.78, 5) is 27.5. The van der Waals surface area contributed by atoms with Gasteiger partial charge in [-0.05, 0) is 35.7 Å².